The predicted octanol–water partition coefficient (Wildman–Crippen LogP) is 3.29. The molecular weight excluding hydrogens is 212 g/mol. The van der Waals surface area contributed by atoms with Gasteiger partial charge in [0.05, 0.1) is 12.2 Å². The average molecular weight is 236 g/mol. The average Bonchev–Trinajstić information content (AvgIpc) is 2.62. The van der Waals surface area contributed by atoms with Gasteiger partial charge in [0, 0.05) is 12.1 Å². The van der Waals surface area contributed by atoms with Crippen molar-refractivity contribution in [2.75, 3.05) is 0 Å². The van der Waals surface area contributed by atoms with Crippen LogP contribution in [0.1, 0.15) is 51.5 Å². The highest BCUT2D eigenvalue weighted by molar-refractivity contribution is 5.03. The zero-order chi connectivity index (χ0) is 12.5. The first-order chi connectivity index (χ1) is 7.96. The monoisotopic (exact) mass is 236 g/mol. The molecule has 2 rings (SSSR count). The molecule has 2 unspecified atom stereocenters. The highest BCUT2D eigenvalue weighted by Crippen LogP contribution is 2.38. The minimum Gasteiger partial charge on any atom is -0.360 e. The lowest BCUT2D eigenvalue weighted by atomic mass is 9.70. The molecule has 0 saturated heterocycles. The normalized spacial score (nSPS) is 28.2. The van der Waals surface area contributed by atoms with E-state index in [0.717, 1.165) is 23.9 Å². The molecule has 17 heavy (non-hydrogen) atoms. The van der Waals surface area contributed by atoms with Crippen LogP contribution in [0.15, 0.2) is 10.6 Å². The maximum atomic E-state index is 5.22. The van der Waals surface area contributed by atoms with Gasteiger partial charge >= 0.3 is 0 Å². The van der Waals surface area contributed by atoms with Crippen LogP contribution in [0.5, 0.6) is 0 Å². The first kappa shape index (κ1) is 12.6. The molecule has 96 valence electrons. The minimum absolute atomic E-state index is 0.514. The second-order valence-electron chi connectivity index (χ2n) is 6.31. The van der Waals surface area contributed by atoms with Gasteiger partial charge in [-0.25, -0.2) is 0 Å². The Morgan fingerprint density at radius 2 is 2.29 bits per heavy atom. The minimum atomic E-state index is 0.514. The lowest BCUT2D eigenvalue weighted by Gasteiger charge is -2.39. The summed E-state index contributed by atoms with van der Waals surface area (Å²) in [5.41, 5.74) is 1.47. The van der Waals surface area contributed by atoms with E-state index in [0.29, 0.717) is 11.5 Å². The fourth-order valence-corrected chi connectivity index (χ4v) is 2.98. The predicted molar refractivity (Wildman–Crippen MR) is 68.7 cm³/mol. The second kappa shape index (κ2) is 4.81. The molecular formula is C14H24N2O. The van der Waals surface area contributed by atoms with Crippen LogP contribution >= 0.6 is 0 Å². The van der Waals surface area contributed by atoms with Gasteiger partial charge in [-0.3, -0.25) is 0 Å². The van der Waals surface area contributed by atoms with Crippen LogP contribution in [-0.4, -0.2) is 11.2 Å². The number of aryl methyl sites for hydroxylation is 1. The van der Waals surface area contributed by atoms with Crippen molar-refractivity contribution in [2.24, 2.45) is 11.3 Å². The molecule has 0 amide bonds. The van der Waals surface area contributed by atoms with E-state index in [1.807, 2.05) is 13.0 Å². The van der Waals surface area contributed by atoms with Crippen LogP contribution in [0.4, 0.5) is 0 Å². The Hall–Kier alpha value is -0.830. The molecule has 1 aliphatic carbocycles. The van der Waals surface area contributed by atoms with Gasteiger partial charge in [0.1, 0.15) is 0 Å². The maximum Gasteiger partial charge on any atom is 0.150 e. The Labute approximate surface area is 104 Å². The standard InChI is InChI=1S/C14H24N2O/c1-10-8-14(3,4)6-5-13(10)15-9-12-7-11(2)16-17-12/h7,10,13,15H,5-6,8-9H2,1-4H3. The Kier molecular flexibility index (Phi) is 3.57. The molecule has 3 nitrogen and oxygen atoms in total. The molecule has 1 fully saturated rings. The molecule has 1 aliphatic rings. The van der Waals surface area contributed by atoms with E-state index in [4.69, 9.17) is 4.52 Å². The molecule has 3 heteroatoms. The second-order valence-corrected chi connectivity index (χ2v) is 6.31. The number of nitrogens with zero attached hydrogens (tertiary/aromatic N) is 1. The fraction of sp³-hybridized carbons (Fsp3) is 0.786. The highest BCUT2D eigenvalue weighted by atomic mass is 16.5. The van der Waals surface area contributed by atoms with Crippen LogP contribution in [0.25, 0.3) is 0 Å². The number of hydrogen-bond acceptors (Lipinski definition) is 3. The number of aromatic nitrogens is 1. The molecule has 1 aromatic heterocycles. The molecule has 0 radical (unpaired) electrons. The van der Waals surface area contributed by atoms with Crippen molar-refractivity contribution in [3.8, 4) is 0 Å². The van der Waals surface area contributed by atoms with Gasteiger partial charge in [-0.15, -0.1) is 0 Å². The largest absolute Gasteiger partial charge is 0.360 e. The van der Waals surface area contributed by atoms with E-state index in [1.54, 1.807) is 0 Å². The van der Waals surface area contributed by atoms with Gasteiger partial charge in [-0.05, 0) is 37.5 Å². The zero-order valence-corrected chi connectivity index (χ0v) is 11.4. The summed E-state index contributed by atoms with van der Waals surface area (Å²) in [6, 6.07) is 2.62. The van der Waals surface area contributed by atoms with E-state index < -0.39 is 0 Å². The van der Waals surface area contributed by atoms with Crippen molar-refractivity contribution in [2.45, 2.75) is 59.5 Å². The number of rotatable bonds is 3. The van der Waals surface area contributed by atoms with Crippen molar-refractivity contribution in [3.05, 3.63) is 17.5 Å². The summed E-state index contributed by atoms with van der Waals surface area (Å²) in [6.45, 7) is 9.86. The summed E-state index contributed by atoms with van der Waals surface area (Å²) in [4.78, 5) is 0. The van der Waals surface area contributed by atoms with Crippen LogP contribution in [-0.2, 0) is 6.54 Å². The quantitative estimate of drug-likeness (QED) is 0.875. The van der Waals surface area contributed by atoms with E-state index >= 15 is 0 Å². The molecule has 2 atom stereocenters. The smallest absolute Gasteiger partial charge is 0.150 e. The van der Waals surface area contributed by atoms with Crippen LogP contribution < -0.4 is 5.32 Å². The summed E-state index contributed by atoms with van der Waals surface area (Å²) >= 11 is 0. The fourth-order valence-electron chi connectivity index (χ4n) is 2.98. The van der Waals surface area contributed by atoms with Gasteiger partial charge in [-0.2, -0.15) is 0 Å². The number of hydrogen-bond donors (Lipinski definition) is 1. The topological polar surface area (TPSA) is 38.1 Å². The van der Waals surface area contributed by atoms with Gasteiger partial charge < -0.3 is 9.84 Å². The van der Waals surface area contributed by atoms with Gasteiger partial charge in [0.15, 0.2) is 5.76 Å². The van der Waals surface area contributed by atoms with Gasteiger partial charge in [0.25, 0.3) is 0 Å². The molecule has 1 heterocycles. The van der Waals surface area contributed by atoms with Gasteiger partial charge in [0.2, 0.25) is 0 Å². The molecule has 0 aromatic carbocycles. The molecule has 0 spiro atoms. The van der Waals surface area contributed by atoms with Crippen LogP contribution in [0.2, 0.25) is 0 Å². The summed E-state index contributed by atoms with van der Waals surface area (Å²) < 4.78 is 5.22. The first-order valence-electron chi connectivity index (χ1n) is 6.62. The third-order valence-electron chi connectivity index (χ3n) is 3.91. The van der Waals surface area contributed by atoms with Crippen molar-refractivity contribution >= 4 is 0 Å². The lowest BCUT2D eigenvalue weighted by Crippen LogP contribution is -2.41. The Morgan fingerprint density at radius 3 is 2.88 bits per heavy atom. The van der Waals surface area contributed by atoms with E-state index in [-0.39, 0.29) is 0 Å². The Bertz CT molecular complexity index is 370. The Morgan fingerprint density at radius 1 is 1.53 bits per heavy atom. The van der Waals surface area contributed by atoms with Crippen LogP contribution in [0, 0.1) is 18.3 Å². The summed E-state index contributed by atoms with van der Waals surface area (Å²) in [7, 11) is 0. The Balaban J connectivity index is 1.84. The van der Waals surface area contributed by atoms with Crippen molar-refractivity contribution in [1.82, 2.24) is 10.5 Å². The van der Waals surface area contributed by atoms with E-state index in [1.165, 1.54) is 19.3 Å². The molecule has 0 bridgehead atoms. The maximum absolute atomic E-state index is 5.22. The molecule has 1 saturated carbocycles. The third-order valence-corrected chi connectivity index (χ3v) is 3.91. The van der Waals surface area contributed by atoms with E-state index in [9.17, 15) is 0 Å². The summed E-state index contributed by atoms with van der Waals surface area (Å²) in [5, 5.41) is 7.51. The summed E-state index contributed by atoms with van der Waals surface area (Å²) in [6.07, 6.45) is 3.88. The van der Waals surface area contributed by atoms with Crippen LogP contribution in [0.3, 0.4) is 0 Å². The van der Waals surface area contributed by atoms with Crippen molar-refractivity contribution < 1.29 is 4.52 Å². The molecule has 0 aliphatic heterocycles. The number of nitrogens with one attached hydrogen (secondary N) is 1. The molecule has 1 aromatic rings. The third kappa shape index (κ3) is 3.32. The lowest BCUT2D eigenvalue weighted by molar-refractivity contribution is 0.146. The first-order valence-corrected chi connectivity index (χ1v) is 6.62. The van der Waals surface area contributed by atoms with Crippen molar-refractivity contribution in [1.29, 1.82) is 0 Å². The highest BCUT2D eigenvalue weighted by Gasteiger charge is 2.31. The van der Waals surface area contributed by atoms with Gasteiger partial charge in [-0.1, -0.05) is 25.9 Å². The zero-order valence-electron chi connectivity index (χ0n) is 11.4. The van der Waals surface area contributed by atoms with Crippen molar-refractivity contribution in [3.63, 3.8) is 0 Å². The molecule has 1 N–H and O–H groups in total. The SMILES string of the molecule is Cc1cc(CNC2CCC(C)(C)CC2C)on1. The summed E-state index contributed by atoms with van der Waals surface area (Å²) in [5.74, 6) is 1.68. The van der Waals surface area contributed by atoms with E-state index in [2.05, 4.69) is 31.2 Å².